The number of hydrogen-bond donors (Lipinski definition) is 2. The van der Waals surface area contributed by atoms with E-state index >= 15 is 0 Å². The van der Waals surface area contributed by atoms with Gasteiger partial charge in [-0.25, -0.2) is 9.78 Å². The maximum atomic E-state index is 12.6. The third-order valence-corrected chi connectivity index (χ3v) is 8.20. The van der Waals surface area contributed by atoms with Crippen molar-refractivity contribution < 1.29 is 9.59 Å². The van der Waals surface area contributed by atoms with Crippen LogP contribution in [0.4, 0.5) is 4.79 Å². The second-order valence-electron chi connectivity index (χ2n) is 9.32. The summed E-state index contributed by atoms with van der Waals surface area (Å²) >= 11 is 13.8. The van der Waals surface area contributed by atoms with Crippen molar-refractivity contribution in [3.8, 4) is 0 Å². The lowest BCUT2D eigenvalue weighted by Gasteiger charge is -2.42. The Labute approximate surface area is 210 Å². The Hall–Kier alpha value is -1.48. The van der Waals surface area contributed by atoms with Crippen LogP contribution in [0.5, 0.6) is 0 Å². The molecule has 0 radical (unpaired) electrons. The van der Waals surface area contributed by atoms with Crippen molar-refractivity contribution in [3.05, 3.63) is 39.0 Å². The molecule has 0 spiro atoms. The summed E-state index contributed by atoms with van der Waals surface area (Å²) in [7, 11) is 0. The van der Waals surface area contributed by atoms with Crippen LogP contribution in [0, 0.1) is 12.3 Å². The summed E-state index contributed by atoms with van der Waals surface area (Å²) in [6.07, 6.45) is 4.80. The molecule has 1 aromatic heterocycles. The number of aromatic nitrogens is 1. The first-order valence-corrected chi connectivity index (χ1v) is 13.1. The number of hydrogen-bond acceptors (Lipinski definition) is 5. The number of likely N-dealkylation sites (tertiary alicyclic amines) is 1. The fourth-order valence-corrected chi connectivity index (χ4v) is 6.25. The van der Waals surface area contributed by atoms with E-state index in [0.29, 0.717) is 30.3 Å². The highest BCUT2D eigenvalue weighted by molar-refractivity contribution is 8.02. The molecule has 1 aromatic rings. The first-order chi connectivity index (χ1) is 15.6. The molecule has 0 aromatic carbocycles. The maximum Gasteiger partial charge on any atom is 0.315 e. The van der Waals surface area contributed by atoms with Gasteiger partial charge in [0.1, 0.15) is 10.3 Å². The highest BCUT2D eigenvalue weighted by atomic mass is 35.5. The minimum atomic E-state index is -0.332. The number of carbonyl (C=O) groups is 2. The van der Waals surface area contributed by atoms with Crippen LogP contribution in [0.1, 0.15) is 49.0 Å². The van der Waals surface area contributed by atoms with Crippen molar-refractivity contribution in [1.29, 1.82) is 0 Å². The highest BCUT2D eigenvalue weighted by Gasteiger charge is 2.34. The minimum absolute atomic E-state index is 0.0107. The van der Waals surface area contributed by atoms with Crippen molar-refractivity contribution in [2.75, 3.05) is 31.9 Å². The number of primary amides is 1. The predicted octanol–water partition coefficient (Wildman–Crippen LogP) is 4.32. The molecule has 2 aliphatic heterocycles. The van der Waals surface area contributed by atoms with Gasteiger partial charge in [-0.1, -0.05) is 36.2 Å². The Morgan fingerprint density at radius 1 is 1.39 bits per heavy atom. The Kier molecular flexibility index (Phi) is 8.95. The predicted molar refractivity (Wildman–Crippen MR) is 136 cm³/mol. The molecule has 1 fully saturated rings. The molecular formula is C23H33Cl2N5O2S. The zero-order valence-corrected chi connectivity index (χ0v) is 21.8. The molecule has 3 heterocycles. The first kappa shape index (κ1) is 26.1. The molecule has 7 nitrogen and oxygen atoms in total. The fraction of sp³-hybridized carbons (Fsp3) is 0.609. The molecule has 10 heteroatoms. The van der Waals surface area contributed by atoms with Gasteiger partial charge in [-0.2, -0.15) is 0 Å². The van der Waals surface area contributed by atoms with Gasteiger partial charge in [0.05, 0.1) is 5.56 Å². The number of nitrogens with one attached hydrogen (secondary N) is 1. The van der Waals surface area contributed by atoms with E-state index in [1.54, 1.807) is 24.8 Å². The van der Waals surface area contributed by atoms with Crippen LogP contribution in [0.25, 0.3) is 0 Å². The topological polar surface area (TPSA) is 91.6 Å². The number of amides is 3. The lowest BCUT2D eigenvalue weighted by atomic mass is 9.91. The van der Waals surface area contributed by atoms with E-state index in [0.717, 1.165) is 38.1 Å². The summed E-state index contributed by atoms with van der Waals surface area (Å²) in [6.45, 7) is 9.14. The van der Waals surface area contributed by atoms with Crippen LogP contribution in [0.15, 0.2) is 17.6 Å². The number of piperidine rings is 1. The van der Waals surface area contributed by atoms with Crippen LogP contribution >= 0.6 is 35.0 Å². The van der Waals surface area contributed by atoms with Gasteiger partial charge in [0, 0.05) is 49.4 Å². The number of rotatable bonds is 8. The molecule has 2 atom stereocenters. The first-order valence-electron chi connectivity index (χ1n) is 11.3. The number of nitrogens with two attached hydrogens (primary N) is 1. The molecule has 3 N–H and O–H groups in total. The number of aryl methyl sites for hydroxylation is 1. The molecule has 2 aliphatic rings. The van der Waals surface area contributed by atoms with Gasteiger partial charge in [0.15, 0.2) is 0 Å². The van der Waals surface area contributed by atoms with Crippen LogP contribution in [-0.2, 0) is 0 Å². The Morgan fingerprint density at radius 2 is 2.09 bits per heavy atom. The van der Waals surface area contributed by atoms with Gasteiger partial charge in [0.25, 0.3) is 5.91 Å². The number of thioether (sulfide) groups is 1. The van der Waals surface area contributed by atoms with Crippen LogP contribution < -0.4 is 11.1 Å². The van der Waals surface area contributed by atoms with Crippen molar-refractivity contribution in [2.45, 2.75) is 52.1 Å². The number of urea groups is 1. The summed E-state index contributed by atoms with van der Waals surface area (Å²) in [6, 6.07) is 1.78. The Bertz CT molecular complexity index is 884. The molecule has 3 rings (SSSR count). The Balaban J connectivity index is 1.46. The number of halogens is 2. The fourth-order valence-electron chi connectivity index (χ4n) is 4.55. The molecule has 1 unspecified atom stereocenters. The smallest absolute Gasteiger partial charge is 0.315 e. The summed E-state index contributed by atoms with van der Waals surface area (Å²) in [5, 5.41) is 5.45. The van der Waals surface area contributed by atoms with Gasteiger partial charge < -0.3 is 20.9 Å². The number of nitrogens with zero attached hydrogens (tertiary/aromatic N) is 3. The molecule has 182 valence electrons. The van der Waals surface area contributed by atoms with Gasteiger partial charge in [0.2, 0.25) is 0 Å². The summed E-state index contributed by atoms with van der Waals surface area (Å²) < 4.78 is 0. The van der Waals surface area contributed by atoms with Gasteiger partial charge in [-0.3, -0.25) is 4.79 Å². The second kappa shape index (κ2) is 11.3. The average molecular weight is 515 g/mol. The van der Waals surface area contributed by atoms with Crippen molar-refractivity contribution in [1.82, 2.24) is 20.1 Å². The quantitative estimate of drug-likeness (QED) is 0.505. The SMILES string of the molecule is Cc1cc(Cl)nc(Cl)c1C(=O)NCC[C@@H](C)N1CCC(N(CC2(C)C=CSC2)C(N)=O)CC1. The zero-order valence-electron chi connectivity index (χ0n) is 19.4. The molecule has 3 amide bonds. The Morgan fingerprint density at radius 3 is 2.67 bits per heavy atom. The van der Waals surface area contributed by atoms with E-state index in [4.69, 9.17) is 28.9 Å². The maximum absolute atomic E-state index is 12.6. The van der Waals surface area contributed by atoms with Gasteiger partial charge in [-0.05, 0) is 50.1 Å². The van der Waals surface area contributed by atoms with E-state index in [1.165, 1.54) is 0 Å². The lowest BCUT2D eigenvalue weighted by molar-refractivity contribution is 0.0875. The van der Waals surface area contributed by atoms with Crippen LogP contribution in [-0.4, -0.2) is 70.7 Å². The molecular weight excluding hydrogens is 481 g/mol. The number of carbonyl (C=O) groups excluding carboxylic acids is 2. The minimum Gasteiger partial charge on any atom is -0.352 e. The third kappa shape index (κ3) is 6.78. The average Bonchev–Trinajstić information content (AvgIpc) is 3.17. The van der Waals surface area contributed by atoms with Gasteiger partial charge >= 0.3 is 6.03 Å². The van der Waals surface area contributed by atoms with Crippen LogP contribution in [0.2, 0.25) is 10.3 Å². The standard InChI is InChI=1S/C23H33Cl2N5O2S/c1-15-12-18(24)28-20(25)19(15)21(31)27-8-4-16(2)29-9-5-17(6-10-29)30(22(26)32)13-23(3)7-11-33-14-23/h7,11-12,16-17H,4-6,8-10,13-14H2,1-3H3,(H2,26,32)(H,27,31)/t16-,23?/m1/s1. The zero-order chi connectivity index (χ0) is 24.2. The van der Waals surface area contributed by atoms with E-state index in [9.17, 15) is 9.59 Å². The third-order valence-electron chi connectivity index (χ3n) is 6.57. The molecule has 0 aliphatic carbocycles. The van der Waals surface area contributed by atoms with E-state index in [-0.39, 0.29) is 33.7 Å². The summed E-state index contributed by atoms with van der Waals surface area (Å²) in [5.74, 6) is 0.743. The lowest BCUT2D eigenvalue weighted by Crippen LogP contribution is -2.53. The largest absolute Gasteiger partial charge is 0.352 e. The van der Waals surface area contributed by atoms with Gasteiger partial charge in [-0.15, -0.1) is 11.8 Å². The highest BCUT2D eigenvalue weighted by Crippen LogP contribution is 2.34. The van der Waals surface area contributed by atoms with Crippen molar-refractivity contribution in [3.63, 3.8) is 0 Å². The molecule has 0 bridgehead atoms. The monoisotopic (exact) mass is 513 g/mol. The van der Waals surface area contributed by atoms with E-state index < -0.39 is 0 Å². The van der Waals surface area contributed by atoms with Crippen LogP contribution in [0.3, 0.4) is 0 Å². The molecule has 0 saturated carbocycles. The second-order valence-corrected chi connectivity index (χ2v) is 11.0. The van der Waals surface area contributed by atoms with E-state index in [2.05, 4.69) is 40.5 Å². The molecule has 1 saturated heterocycles. The summed E-state index contributed by atoms with van der Waals surface area (Å²) in [4.78, 5) is 33.0. The number of pyridine rings is 1. The van der Waals surface area contributed by atoms with Crippen molar-refractivity contribution >= 4 is 46.9 Å². The molecule has 33 heavy (non-hydrogen) atoms. The van der Waals surface area contributed by atoms with Crippen molar-refractivity contribution in [2.24, 2.45) is 11.1 Å². The summed E-state index contributed by atoms with van der Waals surface area (Å²) in [5.41, 5.74) is 6.81. The van der Waals surface area contributed by atoms with E-state index in [1.807, 2.05) is 4.90 Å². The normalized spacial score (nSPS) is 22.3.